The van der Waals surface area contributed by atoms with Crippen molar-refractivity contribution >= 4 is 6.16 Å². The Hall–Kier alpha value is -1.55. The van der Waals surface area contributed by atoms with Crippen molar-refractivity contribution in [3.05, 3.63) is 35.9 Å². The van der Waals surface area contributed by atoms with Gasteiger partial charge in [-0.15, -0.1) is 0 Å². The highest BCUT2D eigenvalue weighted by Gasteiger charge is 2.37. The maximum atomic E-state index is 11.6. The van der Waals surface area contributed by atoms with Gasteiger partial charge in [-0.2, -0.15) is 0 Å². The largest absolute Gasteiger partial charge is 0.508 e. The Bertz CT molecular complexity index is 422. The Balaban J connectivity index is 1.42. The highest BCUT2D eigenvalue weighted by atomic mass is 16.7. The molecule has 0 amide bonds. The van der Waals surface area contributed by atoms with E-state index in [4.69, 9.17) is 9.47 Å². The number of fused-ring (bicyclic) bond motifs is 1. The molecule has 19 heavy (non-hydrogen) atoms. The quantitative estimate of drug-likeness (QED) is 0.784. The molecule has 2 aliphatic rings. The topological polar surface area (TPSA) is 38.8 Å². The number of benzene rings is 1. The molecule has 0 aliphatic carbocycles. The van der Waals surface area contributed by atoms with Gasteiger partial charge in [-0.3, -0.25) is 4.90 Å². The number of nitrogens with zero attached hydrogens (tertiary/aromatic N) is 1. The van der Waals surface area contributed by atoms with Crippen molar-refractivity contribution in [2.75, 3.05) is 13.1 Å². The van der Waals surface area contributed by atoms with Gasteiger partial charge in [-0.05, 0) is 24.9 Å². The molecule has 3 rings (SSSR count). The molecule has 2 unspecified atom stereocenters. The molecule has 2 saturated heterocycles. The first-order valence-corrected chi connectivity index (χ1v) is 6.92. The van der Waals surface area contributed by atoms with Crippen LogP contribution in [0.4, 0.5) is 4.79 Å². The number of rotatable bonds is 3. The van der Waals surface area contributed by atoms with Crippen LogP contribution in [-0.2, 0) is 16.1 Å². The summed E-state index contributed by atoms with van der Waals surface area (Å²) in [5, 5.41) is 0. The van der Waals surface area contributed by atoms with Crippen molar-refractivity contribution in [3.63, 3.8) is 0 Å². The van der Waals surface area contributed by atoms with Gasteiger partial charge in [0.1, 0.15) is 12.7 Å². The molecule has 4 nitrogen and oxygen atoms in total. The van der Waals surface area contributed by atoms with Crippen LogP contribution < -0.4 is 0 Å². The van der Waals surface area contributed by atoms with Gasteiger partial charge in [-0.1, -0.05) is 30.3 Å². The average Bonchev–Trinajstić information content (AvgIpc) is 2.98. The third-order valence-corrected chi connectivity index (χ3v) is 3.93. The van der Waals surface area contributed by atoms with Gasteiger partial charge in [0, 0.05) is 19.0 Å². The maximum absolute atomic E-state index is 11.6. The molecule has 0 saturated carbocycles. The zero-order valence-electron chi connectivity index (χ0n) is 11.0. The minimum Gasteiger partial charge on any atom is -0.430 e. The molecule has 2 aliphatic heterocycles. The molecule has 0 aromatic heterocycles. The Kier molecular flexibility index (Phi) is 3.69. The molecule has 2 atom stereocenters. The first-order chi connectivity index (χ1) is 9.31. The van der Waals surface area contributed by atoms with Crippen molar-refractivity contribution in [1.82, 2.24) is 4.90 Å². The summed E-state index contributed by atoms with van der Waals surface area (Å²) in [7, 11) is 0. The molecule has 2 fully saturated rings. The SMILES string of the molecule is O=C(OCc1ccccc1)OC1CC2CCCN2C1. The average molecular weight is 261 g/mol. The van der Waals surface area contributed by atoms with E-state index >= 15 is 0 Å². The first kappa shape index (κ1) is 12.5. The maximum Gasteiger partial charge on any atom is 0.508 e. The minimum atomic E-state index is -0.546. The monoisotopic (exact) mass is 261 g/mol. The van der Waals surface area contributed by atoms with Crippen LogP contribution >= 0.6 is 0 Å². The molecule has 0 N–H and O–H groups in total. The molecule has 102 valence electrons. The van der Waals surface area contributed by atoms with Gasteiger partial charge in [-0.25, -0.2) is 4.79 Å². The predicted octanol–water partition coefficient (Wildman–Crippen LogP) is 2.58. The zero-order chi connectivity index (χ0) is 13.1. The molecule has 0 spiro atoms. The summed E-state index contributed by atoms with van der Waals surface area (Å²) in [6, 6.07) is 10.3. The molecule has 1 aromatic rings. The van der Waals surface area contributed by atoms with Crippen molar-refractivity contribution in [1.29, 1.82) is 0 Å². The second kappa shape index (κ2) is 5.61. The molecule has 0 radical (unpaired) electrons. The van der Waals surface area contributed by atoms with Crippen molar-refractivity contribution in [3.8, 4) is 0 Å². The molecule has 1 aromatic carbocycles. The van der Waals surface area contributed by atoms with Crippen LogP contribution in [-0.4, -0.2) is 36.3 Å². The highest BCUT2D eigenvalue weighted by molar-refractivity contribution is 5.60. The zero-order valence-corrected chi connectivity index (χ0v) is 11.0. The lowest BCUT2D eigenvalue weighted by Gasteiger charge is -2.13. The second-order valence-electron chi connectivity index (χ2n) is 5.29. The Labute approximate surface area is 113 Å². The van der Waals surface area contributed by atoms with E-state index in [-0.39, 0.29) is 12.7 Å². The van der Waals surface area contributed by atoms with Gasteiger partial charge in [0.15, 0.2) is 0 Å². The summed E-state index contributed by atoms with van der Waals surface area (Å²) in [5.41, 5.74) is 0.978. The van der Waals surface area contributed by atoms with Crippen molar-refractivity contribution in [2.45, 2.75) is 38.0 Å². The minimum absolute atomic E-state index is 0.00794. The number of carbonyl (C=O) groups is 1. The summed E-state index contributed by atoms with van der Waals surface area (Å²) < 4.78 is 10.5. The standard InChI is InChI=1S/C15H19NO3/c17-15(18-11-12-5-2-1-3-6-12)19-14-9-13-7-4-8-16(13)10-14/h1-3,5-6,13-14H,4,7-11H2. The lowest BCUT2D eigenvalue weighted by atomic mass is 10.1. The van der Waals surface area contributed by atoms with E-state index in [1.807, 2.05) is 30.3 Å². The summed E-state index contributed by atoms with van der Waals surface area (Å²) in [6.45, 7) is 2.29. The summed E-state index contributed by atoms with van der Waals surface area (Å²) in [5.74, 6) is 0. The number of carbonyl (C=O) groups excluding carboxylic acids is 1. The van der Waals surface area contributed by atoms with Gasteiger partial charge in [0.25, 0.3) is 0 Å². The van der Waals surface area contributed by atoms with E-state index < -0.39 is 6.16 Å². The van der Waals surface area contributed by atoms with Crippen LogP contribution in [0.1, 0.15) is 24.8 Å². The third-order valence-electron chi connectivity index (χ3n) is 3.93. The van der Waals surface area contributed by atoms with E-state index in [0.717, 1.165) is 25.1 Å². The molecular formula is C15H19NO3. The van der Waals surface area contributed by atoms with Gasteiger partial charge in [0.2, 0.25) is 0 Å². The van der Waals surface area contributed by atoms with E-state index in [1.54, 1.807) is 0 Å². The third kappa shape index (κ3) is 3.07. The fraction of sp³-hybridized carbons (Fsp3) is 0.533. The molecule has 4 heteroatoms. The summed E-state index contributed by atoms with van der Waals surface area (Å²) in [4.78, 5) is 14.0. The van der Waals surface area contributed by atoms with Crippen LogP contribution in [0.25, 0.3) is 0 Å². The van der Waals surface area contributed by atoms with Gasteiger partial charge in [0.05, 0.1) is 0 Å². The highest BCUT2D eigenvalue weighted by Crippen LogP contribution is 2.29. The van der Waals surface area contributed by atoms with Crippen molar-refractivity contribution in [2.24, 2.45) is 0 Å². The summed E-state index contributed by atoms with van der Waals surface area (Å²) >= 11 is 0. The predicted molar refractivity (Wildman–Crippen MR) is 70.7 cm³/mol. The van der Waals surface area contributed by atoms with E-state index in [1.165, 1.54) is 12.8 Å². The normalized spacial score (nSPS) is 26.1. The first-order valence-electron chi connectivity index (χ1n) is 6.92. The second-order valence-corrected chi connectivity index (χ2v) is 5.29. The van der Waals surface area contributed by atoms with Crippen LogP contribution in [0, 0.1) is 0 Å². The lowest BCUT2D eigenvalue weighted by Crippen LogP contribution is -2.25. The Morgan fingerprint density at radius 2 is 2.16 bits per heavy atom. The van der Waals surface area contributed by atoms with Crippen LogP contribution in [0.3, 0.4) is 0 Å². The lowest BCUT2D eigenvalue weighted by molar-refractivity contribution is 0.0216. The Morgan fingerprint density at radius 1 is 1.32 bits per heavy atom. The van der Waals surface area contributed by atoms with Crippen LogP contribution in [0.15, 0.2) is 30.3 Å². The van der Waals surface area contributed by atoms with Gasteiger partial charge >= 0.3 is 6.16 Å². The van der Waals surface area contributed by atoms with E-state index in [0.29, 0.717) is 6.04 Å². The van der Waals surface area contributed by atoms with E-state index in [2.05, 4.69) is 4.90 Å². The van der Waals surface area contributed by atoms with Crippen molar-refractivity contribution < 1.29 is 14.3 Å². The number of ether oxygens (including phenoxy) is 2. The summed E-state index contributed by atoms with van der Waals surface area (Å²) in [6.07, 6.45) is 2.93. The van der Waals surface area contributed by atoms with Crippen LogP contribution in [0.2, 0.25) is 0 Å². The van der Waals surface area contributed by atoms with Gasteiger partial charge < -0.3 is 9.47 Å². The fourth-order valence-corrected chi connectivity index (χ4v) is 3.01. The number of hydrogen-bond acceptors (Lipinski definition) is 4. The van der Waals surface area contributed by atoms with E-state index in [9.17, 15) is 4.79 Å². The molecule has 0 bridgehead atoms. The Morgan fingerprint density at radius 3 is 2.95 bits per heavy atom. The fourth-order valence-electron chi connectivity index (χ4n) is 3.01. The van der Waals surface area contributed by atoms with Crippen LogP contribution in [0.5, 0.6) is 0 Å². The molecule has 2 heterocycles. The molecular weight excluding hydrogens is 242 g/mol. The smallest absolute Gasteiger partial charge is 0.430 e. The number of hydrogen-bond donors (Lipinski definition) is 0.